The van der Waals surface area contributed by atoms with E-state index in [-0.39, 0.29) is 5.56 Å². The minimum atomic E-state index is -3.93. The van der Waals surface area contributed by atoms with Gasteiger partial charge in [-0.05, 0) is 36.2 Å². The Labute approximate surface area is 121 Å². The summed E-state index contributed by atoms with van der Waals surface area (Å²) in [5.74, 6) is -2.28. The van der Waals surface area contributed by atoms with Crippen molar-refractivity contribution >= 4 is 21.4 Å². The summed E-state index contributed by atoms with van der Waals surface area (Å²) >= 11 is 0. The first-order valence-corrected chi connectivity index (χ1v) is 7.73. The summed E-state index contributed by atoms with van der Waals surface area (Å²) in [5, 5.41) is 0. The SMILES string of the molecule is Cc1ccc(F)c(NS(=O)(=O)Cc2ccc(N)cc2)c1F. The lowest BCUT2D eigenvalue weighted by Gasteiger charge is -2.11. The summed E-state index contributed by atoms with van der Waals surface area (Å²) < 4.78 is 53.3. The van der Waals surface area contributed by atoms with Crippen molar-refractivity contribution in [2.24, 2.45) is 0 Å². The lowest BCUT2D eigenvalue weighted by Crippen LogP contribution is -2.17. The number of nitrogens with one attached hydrogen (secondary N) is 1. The summed E-state index contributed by atoms with van der Waals surface area (Å²) in [6.45, 7) is 1.42. The highest BCUT2D eigenvalue weighted by molar-refractivity contribution is 7.91. The normalized spacial score (nSPS) is 11.4. The molecule has 7 heteroatoms. The van der Waals surface area contributed by atoms with Crippen molar-refractivity contribution in [1.29, 1.82) is 0 Å². The molecule has 112 valence electrons. The van der Waals surface area contributed by atoms with Crippen LogP contribution in [0.3, 0.4) is 0 Å². The molecule has 0 radical (unpaired) electrons. The maximum absolute atomic E-state index is 13.8. The van der Waals surface area contributed by atoms with Crippen LogP contribution in [0.4, 0.5) is 20.2 Å². The molecule has 3 N–H and O–H groups in total. The van der Waals surface area contributed by atoms with Gasteiger partial charge in [0, 0.05) is 5.69 Å². The number of nitrogen functional groups attached to an aromatic ring is 1. The molecule has 0 fully saturated rings. The Morgan fingerprint density at radius 1 is 1.10 bits per heavy atom. The van der Waals surface area contributed by atoms with Crippen LogP contribution in [0, 0.1) is 18.6 Å². The molecule has 0 bridgehead atoms. The first-order valence-electron chi connectivity index (χ1n) is 6.08. The van der Waals surface area contributed by atoms with E-state index in [4.69, 9.17) is 5.73 Å². The van der Waals surface area contributed by atoms with Gasteiger partial charge in [-0.3, -0.25) is 4.72 Å². The van der Waals surface area contributed by atoms with E-state index in [1.54, 1.807) is 12.1 Å². The van der Waals surface area contributed by atoms with Crippen molar-refractivity contribution in [3.05, 3.63) is 59.2 Å². The van der Waals surface area contributed by atoms with Gasteiger partial charge < -0.3 is 5.73 Å². The third kappa shape index (κ3) is 3.69. The summed E-state index contributed by atoms with van der Waals surface area (Å²) in [4.78, 5) is 0. The van der Waals surface area contributed by atoms with Crippen LogP contribution in [-0.4, -0.2) is 8.42 Å². The fourth-order valence-electron chi connectivity index (χ4n) is 1.78. The molecule has 0 saturated heterocycles. The predicted molar refractivity (Wildman–Crippen MR) is 78.2 cm³/mol. The van der Waals surface area contributed by atoms with E-state index in [1.807, 2.05) is 4.72 Å². The molecule has 0 unspecified atom stereocenters. The van der Waals surface area contributed by atoms with E-state index in [0.29, 0.717) is 11.3 Å². The molecule has 4 nitrogen and oxygen atoms in total. The minimum absolute atomic E-state index is 0.154. The zero-order valence-electron chi connectivity index (χ0n) is 11.2. The van der Waals surface area contributed by atoms with Crippen LogP contribution in [0.2, 0.25) is 0 Å². The molecule has 0 saturated carbocycles. The number of hydrogen-bond acceptors (Lipinski definition) is 3. The van der Waals surface area contributed by atoms with Crippen LogP contribution in [0.15, 0.2) is 36.4 Å². The number of sulfonamides is 1. The number of benzene rings is 2. The highest BCUT2D eigenvalue weighted by Crippen LogP contribution is 2.23. The Morgan fingerprint density at radius 2 is 1.71 bits per heavy atom. The van der Waals surface area contributed by atoms with Gasteiger partial charge in [0.05, 0.1) is 5.75 Å². The second-order valence-electron chi connectivity index (χ2n) is 4.66. The lowest BCUT2D eigenvalue weighted by atomic mass is 10.2. The number of rotatable bonds is 4. The van der Waals surface area contributed by atoms with Crippen LogP contribution in [0.1, 0.15) is 11.1 Å². The molecule has 2 aromatic rings. The summed E-state index contributed by atoms with van der Waals surface area (Å²) in [5.41, 5.74) is 5.96. The third-order valence-electron chi connectivity index (χ3n) is 2.88. The zero-order chi connectivity index (χ0) is 15.6. The van der Waals surface area contributed by atoms with Gasteiger partial charge >= 0.3 is 0 Å². The molecule has 0 atom stereocenters. The number of anilines is 2. The van der Waals surface area contributed by atoms with Gasteiger partial charge in [0.1, 0.15) is 11.5 Å². The minimum Gasteiger partial charge on any atom is -0.399 e. The molecular formula is C14H14F2N2O2S. The monoisotopic (exact) mass is 312 g/mol. The average molecular weight is 312 g/mol. The van der Waals surface area contributed by atoms with Gasteiger partial charge in [-0.15, -0.1) is 0 Å². The van der Waals surface area contributed by atoms with Crippen molar-refractivity contribution in [2.45, 2.75) is 12.7 Å². The van der Waals surface area contributed by atoms with Crippen molar-refractivity contribution in [3.8, 4) is 0 Å². The van der Waals surface area contributed by atoms with Gasteiger partial charge in [-0.2, -0.15) is 0 Å². The number of nitrogens with two attached hydrogens (primary N) is 1. The number of halogens is 2. The first kappa shape index (κ1) is 15.2. The van der Waals surface area contributed by atoms with Gasteiger partial charge in [0.15, 0.2) is 5.82 Å². The van der Waals surface area contributed by atoms with Crippen molar-refractivity contribution < 1.29 is 17.2 Å². The first-order chi connectivity index (χ1) is 9.78. The molecular weight excluding hydrogens is 298 g/mol. The molecule has 0 amide bonds. The summed E-state index contributed by atoms with van der Waals surface area (Å²) in [6.07, 6.45) is 0. The third-order valence-corrected chi connectivity index (χ3v) is 4.11. The van der Waals surface area contributed by atoms with E-state index >= 15 is 0 Å². The van der Waals surface area contributed by atoms with Crippen LogP contribution < -0.4 is 10.5 Å². The fraction of sp³-hybridized carbons (Fsp3) is 0.143. The van der Waals surface area contributed by atoms with Crippen LogP contribution >= 0.6 is 0 Å². The Bertz CT molecular complexity index is 759. The molecule has 2 aromatic carbocycles. The predicted octanol–water partition coefficient (Wildman–Crippen LogP) is 2.80. The summed E-state index contributed by atoms with van der Waals surface area (Å²) in [7, 11) is -3.93. The molecule has 0 aromatic heterocycles. The van der Waals surface area contributed by atoms with Crippen molar-refractivity contribution in [2.75, 3.05) is 10.5 Å². The Kier molecular flexibility index (Phi) is 4.13. The van der Waals surface area contributed by atoms with E-state index < -0.39 is 33.1 Å². The standard InChI is InChI=1S/C14H14F2N2O2S/c1-9-2-7-12(15)14(13(9)16)18-21(19,20)8-10-3-5-11(17)6-4-10/h2-7,18H,8,17H2,1H3. The Hall–Kier alpha value is -2.15. The molecule has 21 heavy (non-hydrogen) atoms. The molecule has 0 spiro atoms. The number of aryl methyl sites for hydroxylation is 1. The van der Waals surface area contributed by atoms with Crippen LogP contribution in [0.5, 0.6) is 0 Å². The largest absolute Gasteiger partial charge is 0.399 e. The van der Waals surface area contributed by atoms with Crippen LogP contribution in [-0.2, 0) is 15.8 Å². The molecule has 2 rings (SSSR count). The second-order valence-corrected chi connectivity index (χ2v) is 6.38. The zero-order valence-corrected chi connectivity index (χ0v) is 12.0. The van der Waals surface area contributed by atoms with Gasteiger partial charge in [0.2, 0.25) is 10.0 Å². The van der Waals surface area contributed by atoms with E-state index in [9.17, 15) is 17.2 Å². The molecule has 0 heterocycles. The maximum Gasteiger partial charge on any atom is 0.237 e. The highest BCUT2D eigenvalue weighted by atomic mass is 32.2. The fourth-order valence-corrected chi connectivity index (χ4v) is 2.98. The van der Waals surface area contributed by atoms with Crippen molar-refractivity contribution in [1.82, 2.24) is 0 Å². The molecule has 0 aliphatic heterocycles. The topological polar surface area (TPSA) is 72.2 Å². The van der Waals surface area contributed by atoms with E-state index in [0.717, 1.165) is 6.07 Å². The maximum atomic E-state index is 13.8. The quantitative estimate of drug-likeness (QED) is 0.853. The highest BCUT2D eigenvalue weighted by Gasteiger charge is 2.18. The summed E-state index contributed by atoms with van der Waals surface area (Å²) in [6, 6.07) is 8.44. The van der Waals surface area contributed by atoms with E-state index in [2.05, 4.69) is 0 Å². The molecule has 0 aliphatic carbocycles. The Balaban J connectivity index is 2.26. The second kappa shape index (κ2) is 5.69. The van der Waals surface area contributed by atoms with Gasteiger partial charge in [-0.1, -0.05) is 18.2 Å². The molecule has 0 aliphatic rings. The van der Waals surface area contributed by atoms with Crippen LogP contribution in [0.25, 0.3) is 0 Å². The van der Waals surface area contributed by atoms with Gasteiger partial charge in [0.25, 0.3) is 0 Å². The van der Waals surface area contributed by atoms with Gasteiger partial charge in [-0.25, -0.2) is 17.2 Å². The smallest absolute Gasteiger partial charge is 0.237 e. The number of hydrogen-bond donors (Lipinski definition) is 2. The lowest BCUT2D eigenvalue weighted by molar-refractivity contribution is 0.578. The average Bonchev–Trinajstić information content (AvgIpc) is 2.42. The van der Waals surface area contributed by atoms with E-state index in [1.165, 1.54) is 25.1 Å². The van der Waals surface area contributed by atoms with Crippen molar-refractivity contribution in [3.63, 3.8) is 0 Å². The Morgan fingerprint density at radius 3 is 2.33 bits per heavy atom.